The molecule has 1 fully saturated rings. The van der Waals surface area contributed by atoms with Gasteiger partial charge in [-0.3, -0.25) is 9.69 Å². The summed E-state index contributed by atoms with van der Waals surface area (Å²) < 4.78 is 0. The van der Waals surface area contributed by atoms with E-state index in [1.54, 1.807) is 6.07 Å². The molecule has 1 amide bonds. The Bertz CT molecular complexity index is 500. The van der Waals surface area contributed by atoms with Crippen LogP contribution in [0.5, 0.6) is 0 Å². The number of nitrogens with zero attached hydrogens (tertiary/aromatic N) is 1. The molecule has 5 nitrogen and oxygen atoms in total. The standard InChI is InChI=1S/C16H25N3O2/c1-11-6-7-13(17)10-15(11)18-16(21)12(2)19(8-9-20)14-4-3-5-14/h6-7,10,12,14,20H,3-5,8-9,17H2,1-2H3,(H,18,21). The minimum Gasteiger partial charge on any atom is -0.399 e. The van der Waals surface area contributed by atoms with Crippen molar-refractivity contribution in [2.24, 2.45) is 0 Å². The van der Waals surface area contributed by atoms with Gasteiger partial charge in [-0.25, -0.2) is 0 Å². The topological polar surface area (TPSA) is 78.6 Å². The lowest BCUT2D eigenvalue weighted by Crippen LogP contribution is -2.51. The summed E-state index contributed by atoms with van der Waals surface area (Å²) in [5.41, 5.74) is 8.15. The predicted molar refractivity (Wildman–Crippen MR) is 85.1 cm³/mol. The van der Waals surface area contributed by atoms with Crippen LogP contribution in [0.3, 0.4) is 0 Å². The van der Waals surface area contributed by atoms with E-state index >= 15 is 0 Å². The van der Waals surface area contributed by atoms with Crippen molar-refractivity contribution >= 4 is 17.3 Å². The fourth-order valence-corrected chi connectivity index (χ4v) is 2.69. The Kier molecular flexibility index (Phi) is 5.20. The number of rotatable bonds is 6. The van der Waals surface area contributed by atoms with Crippen molar-refractivity contribution < 1.29 is 9.90 Å². The minimum absolute atomic E-state index is 0.0518. The first-order chi connectivity index (χ1) is 10.0. The molecule has 1 unspecified atom stereocenters. The Morgan fingerprint density at radius 3 is 2.81 bits per heavy atom. The zero-order valence-corrected chi connectivity index (χ0v) is 12.8. The molecule has 21 heavy (non-hydrogen) atoms. The number of aryl methyl sites for hydroxylation is 1. The number of amides is 1. The number of benzene rings is 1. The quantitative estimate of drug-likeness (QED) is 0.698. The van der Waals surface area contributed by atoms with Crippen LogP contribution in [0.4, 0.5) is 11.4 Å². The number of carbonyl (C=O) groups excluding carboxylic acids is 1. The molecule has 1 aliphatic carbocycles. The molecule has 1 atom stereocenters. The maximum absolute atomic E-state index is 12.5. The second-order valence-electron chi connectivity index (χ2n) is 5.79. The van der Waals surface area contributed by atoms with E-state index in [-0.39, 0.29) is 18.6 Å². The third-order valence-electron chi connectivity index (χ3n) is 4.30. The van der Waals surface area contributed by atoms with E-state index in [0.29, 0.717) is 18.3 Å². The smallest absolute Gasteiger partial charge is 0.241 e. The Balaban J connectivity index is 2.05. The highest BCUT2D eigenvalue weighted by Crippen LogP contribution is 2.27. The number of hydrogen-bond donors (Lipinski definition) is 3. The fourth-order valence-electron chi connectivity index (χ4n) is 2.69. The van der Waals surface area contributed by atoms with Gasteiger partial charge in [0, 0.05) is 24.0 Å². The molecule has 5 heteroatoms. The van der Waals surface area contributed by atoms with Crippen LogP contribution < -0.4 is 11.1 Å². The molecule has 4 N–H and O–H groups in total. The first-order valence-electron chi connectivity index (χ1n) is 7.56. The number of carbonyl (C=O) groups is 1. The number of aliphatic hydroxyl groups is 1. The van der Waals surface area contributed by atoms with E-state index < -0.39 is 0 Å². The zero-order chi connectivity index (χ0) is 15.4. The van der Waals surface area contributed by atoms with E-state index in [4.69, 9.17) is 5.73 Å². The molecule has 0 heterocycles. The molecule has 0 radical (unpaired) electrons. The molecule has 0 aromatic heterocycles. The summed E-state index contributed by atoms with van der Waals surface area (Å²) in [6, 6.07) is 5.65. The largest absolute Gasteiger partial charge is 0.399 e. The van der Waals surface area contributed by atoms with Gasteiger partial charge in [0.05, 0.1) is 12.6 Å². The molecular weight excluding hydrogens is 266 g/mol. The van der Waals surface area contributed by atoms with Crippen LogP contribution in [0, 0.1) is 6.92 Å². The third kappa shape index (κ3) is 3.74. The maximum atomic E-state index is 12.5. The number of nitrogens with two attached hydrogens (primary N) is 1. The molecule has 1 saturated carbocycles. The van der Waals surface area contributed by atoms with Gasteiger partial charge in [-0.2, -0.15) is 0 Å². The van der Waals surface area contributed by atoms with Crippen LogP contribution >= 0.6 is 0 Å². The van der Waals surface area contributed by atoms with E-state index in [9.17, 15) is 9.90 Å². The van der Waals surface area contributed by atoms with Crippen molar-refractivity contribution in [1.29, 1.82) is 0 Å². The highest BCUT2D eigenvalue weighted by Gasteiger charge is 2.31. The molecule has 1 aliphatic rings. The minimum atomic E-state index is -0.261. The Labute approximate surface area is 126 Å². The molecule has 1 aromatic rings. The second kappa shape index (κ2) is 6.91. The van der Waals surface area contributed by atoms with Gasteiger partial charge in [0.1, 0.15) is 0 Å². The second-order valence-corrected chi connectivity index (χ2v) is 5.79. The zero-order valence-electron chi connectivity index (χ0n) is 12.8. The number of aliphatic hydroxyl groups excluding tert-OH is 1. The van der Waals surface area contributed by atoms with Crippen molar-refractivity contribution in [3.8, 4) is 0 Å². The lowest BCUT2D eigenvalue weighted by Gasteiger charge is -2.40. The average molecular weight is 291 g/mol. The molecule has 0 saturated heterocycles. The Hall–Kier alpha value is -1.59. The third-order valence-corrected chi connectivity index (χ3v) is 4.30. The van der Waals surface area contributed by atoms with Crippen LogP contribution in [0.25, 0.3) is 0 Å². The summed E-state index contributed by atoms with van der Waals surface area (Å²) in [5, 5.41) is 12.2. The van der Waals surface area contributed by atoms with E-state index in [0.717, 1.165) is 24.1 Å². The lowest BCUT2D eigenvalue weighted by molar-refractivity contribution is -0.122. The summed E-state index contributed by atoms with van der Waals surface area (Å²) >= 11 is 0. The van der Waals surface area contributed by atoms with Crippen molar-refractivity contribution in [3.63, 3.8) is 0 Å². The van der Waals surface area contributed by atoms with Crippen molar-refractivity contribution in [2.75, 3.05) is 24.2 Å². The molecule has 2 rings (SSSR count). The monoisotopic (exact) mass is 291 g/mol. The van der Waals surface area contributed by atoms with E-state index in [2.05, 4.69) is 10.2 Å². The molecule has 1 aromatic carbocycles. The fraction of sp³-hybridized carbons (Fsp3) is 0.562. The van der Waals surface area contributed by atoms with Gasteiger partial charge in [0.2, 0.25) is 5.91 Å². The van der Waals surface area contributed by atoms with Crippen LogP contribution in [-0.4, -0.2) is 41.1 Å². The van der Waals surface area contributed by atoms with Gasteiger partial charge < -0.3 is 16.2 Å². The number of nitrogen functional groups attached to an aromatic ring is 1. The maximum Gasteiger partial charge on any atom is 0.241 e. The SMILES string of the molecule is Cc1ccc(N)cc1NC(=O)C(C)N(CCO)C1CCC1. The average Bonchev–Trinajstić information content (AvgIpc) is 2.39. The number of anilines is 2. The Morgan fingerprint density at radius 1 is 1.52 bits per heavy atom. The summed E-state index contributed by atoms with van der Waals surface area (Å²) in [5.74, 6) is -0.0518. The predicted octanol–water partition coefficient (Wildman–Crippen LogP) is 1.75. The normalized spacial score (nSPS) is 16.6. The first-order valence-corrected chi connectivity index (χ1v) is 7.56. The molecule has 116 valence electrons. The van der Waals surface area contributed by atoms with E-state index in [1.165, 1.54) is 6.42 Å². The molecule has 0 aliphatic heterocycles. The summed E-state index contributed by atoms with van der Waals surface area (Å²) in [6.45, 7) is 4.45. The van der Waals surface area contributed by atoms with E-state index in [1.807, 2.05) is 26.0 Å². The van der Waals surface area contributed by atoms with Gasteiger partial charge in [0.25, 0.3) is 0 Å². The van der Waals surface area contributed by atoms with Crippen molar-refractivity contribution in [1.82, 2.24) is 4.90 Å². The summed E-state index contributed by atoms with van der Waals surface area (Å²) in [6.07, 6.45) is 3.42. The number of hydrogen-bond acceptors (Lipinski definition) is 4. The van der Waals surface area contributed by atoms with Crippen molar-refractivity contribution in [2.45, 2.75) is 45.2 Å². The number of nitrogens with one attached hydrogen (secondary N) is 1. The van der Waals surface area contributed by atoms with Gasteiger partial charge in [-0.05, 0) is 44.4 Å². The van der Waals surface area contributed by atoms with Gasteiger partial charge in [-0.1, -0.05) is 12.5 Å². The highest BCUT2D eigenvalue weighted by atomic mass is 16.3. The first kappa shape index (κ1) is 15.8. The molecular formula is C16H25N3O2. The van der Waals surface area contributed by atoms with Crippen LogP contribution in [0.15, 0.2) is 18.2 Å². The van der Waals surface area contributed by atoms with Crippen LogP contribution in [0.2, 0.25) is 0 Å². The highest BCUT2D eigenvalue weighted by molar-refractivity contribution is 5.95. The van der Waals surface area contributed by atoms with Gasteiger partial charge >= 0.3 is 0 Å². The lowest BCUT2D eigenvalue weighted by atomic mass is 9.90. The van der Waals surface area contributed by atoms with Crippen LogP contribution in [-0.2, 0) is 4.79 Å². The summed E-state index contributed by atoms with van der Waals surface area (Å²) in [4.78, 5) is 14.6. The van der Waals surface area contributed by atoms with Crippen LogP contribution in [0.1, 0.15) is 31.7 Å². The molecule has 0 spiro atoms. The summed E-state index contributed by atoms with van der Waals surface area (Å²) in [7, 11) is 0. The van der Waals surface area contributed by atoms with Gasteiger partial charge in [-0.15, -0.1) is 0 Å². The Morgan fingerprint density at radius 2 is 2.24 bits per heavy atom. The van der Waals surface area contributed by atoms with Crippen molar-refractivity contribution in [3.05, 3.63) is 23.8 Å². The molecule has 0 bridgehead atoms. The van der Waals surface area contributed by atoms with Gasteiger partial charge in [0.15, 0.2) is 0 Å².